The topological polar surface area (TPSA) is 84.2 Å². The van der Waals surface area contributed by atoms with E-state index in [-0.39, 0.29) is 17.8 Å². The maximum Gasteiger partial charge on any atom is 0.310 e. The van der Waals surface area contributed by atoms with Crippen molar-refractivity contribution in [3.05, 3.63) is 53.5 Å². The summed E-state index contributed by atoms with van der Waals surface area (Å²) in [6.07, 6.45) is 3.93. The van der Waals surface area contributed by atoms with Crippen molar-refractivity contribution in [3.63, 3.8) is 0 Å². The van der Waals surface area contributed by atoms with Crippen molar-refractivity contribution >= 4 is 45.7 Å². The van der Waals surface area contributed by atoms with E-state index in [2.05, 4.69) is 32.6 Å². The highest BCUT2D eigenvalue weighted by Crippen LogP contribution is 2.31. The van der Waals surface area contributed by atoms with Crippen LogP contribution in [0.4, 0.5) is 0 Å². The number of esters is 1. The Labute approximate surface area is 214 Å². The molecule has 186 valence electrons. The van der Waals surface area contributed by atoms with Gasteiger partial charge in [-0.2, -0.15) is 0 Å². The summed E-state index contributed by atoms with van der Waals surface area (Å²) in [5.41, 5.74) is 2.23. The maximum atomic E-state index is 12.7. The van der Waals surface area contributed by atoms with Crippen molar-refractivity contribution in [2.24, 2.45) is 17.0 Å². The van der Waals surface area contributed by atoms with Crippen molar-refractivity contribution < 1.29 is 19.5 Å². The van der Waals surface area contributed by atoms with E-state index in [9.17, 15) is 10.0 Å². The molecule has 1 saturated heterocycles. The van der Waals surface area contributed by atoms with Crippen LogP contribution in [0, 0.1) is 11.8 Å². The van der Waals surface area contributed by atoms with E-state index in [0.717, 1.165) is 53.9 Å². The number of fused-ring (bicyclic) bond motifs is 1. The number of hydrogen-bond donors (Lipinski definition) is 1. The fourth-order valence-corrected chi connectivity index (χ4v) is 6.58. The number of thiophene rings is 1. The van der Waals surface area contributed by atoms with Gasteiger partial charge >= 0.3 is 5.97 Å². The lowest BCUT2D eigenvalue weighted by molar-refractivity contribution is -0.149. The molecular formula is C26H31N3O4S2. The summed E-state index contributed by atoms with van der Waals surface area (Å²) in [5, 5.41) is 16.5. The Morgan fingerprint density at radius 1 is 1.31 bits per heavy atom. The number of piperidine rings is 1. The molecule has 7 nitrogen and oxygen atoms in total. The number of carbonyl (C=O) groups excluding carboxylic acids is 1. The SMILES string of the molecule is COC(=O)[C@H]1CN(CCSc2cccs2)CC[C@H]1CC/C(=N/O)c1ccnc2ccc(OC)cc12. The number of aromatic nitrogens is 1. The third kappa shape index (κ3) is 6.34. The van der Waals surface area contributed by atoms with Crippen molar-refractivity contribution in [2.45, 2.75) is 23.5 Å². The molecule has 1 N–H and O–H groups in total. The molecule has 3 aromatic rings. The predicted molar refractivity (Wildman–Crippen MR) is 141 cm³/mol. The summed E-state index contributed by atoms with van der Waals surface area (Å²) < 4.78 is 11.9. The summed E-state index contributed by atoms with van der Waals surface area (Å²) >= 11 is 3.62. The van der Waals surface area contributed by atoms with Crippen LogP contribution in [0.5, 0.6) is 5.75 Å². The Hall–Kier alpha value is -2.62. The molecule has 0 radical (unpaired) electrons. The maximum absolute atomic E-state index is 12.7. The summed E-state index contributed by atoms with van der Waals surface area (Å²) in [5.74, 6) is 1.54. The van der Waals surface area contributed by atoms with Crippen molar-refractivity contribution in [3.8, 4) is 5.75 Å². The molecule has 1 fully saturated rings. The normalized spacial score (nSPS) is 19.1. The van der Waals surface area contributed by atoms with E-state index in [1.807, 2.05) is 36.0 Å². The van der Waals surface area contributed by atoms with Gasteiger partial charge in [0.15, 0.2) is 0 Å². The number of methoxy groups -OCH3 is 2. The van der Waals surface area contributed by atoms with E-state index in [1.54, 1.807) is 24.6 Å². The molecule has 0 amide bonds. The number of carbonyl (C=O) groups is 1. The van der Waals surface area contributed by atoms with Gasteiger partial charge in [-0.1, -0.05) is 11.2 Å². The zero-order valence-corrected chi connectivity index (χ0v) is 21.7. The molecular weight excluding hydrogens is 482 g/mol. The first-order chi connectivity index (χ1) is 17.1. The number of benzene rings is 1. The van der Waals surface area contributed by atoms with Crippen LogP contribution in [0.3, 0.4) is 0 Å². The van der Waals surface area contributed by atoms with Crippen LogP contribution in [0.25, 0.3) is 10.9 Å². The summed E-state index contributed by atoms with van der Waals surface area (Å²) in [6, 6.07) is 11.7. The average Bonchev–Trinajstić information content (AvgIpc) is 3.42. The number of thioether (sulfide) groups is 1. The van der Waals surface area contributed by atoms with Crippen LogP contribution in [-0.2, 0) is 9.53 Å². The minimum atomic E-state index is -0.185. The molecule has 1 aromatic carbocycles. The molecule has 2 atom stereocenters. The van der Waals surface area contributed by atoms with E-state index in [4.69, 9.17) is 9.47 Å². The van der Waals surface area contributed by atoms with Crippen LogP contribution in [0.1, 0.15) is 24.8 Å². The molecule has 0 saturated carbocycles. The third-order valence-corrected chi connectivity index (χ3v) is 8.73. The molecule has 0 aliphatic carbocycles. The van der Waals surface area contributed by atoms with Crippen LogP contribution in [0.15, 0.2) is 57.3 Å². The molecule has 2 aromatic heterocycles. The minimum Gasteiger partial charge on any atom is -0.497 e. The van der Waals surface area contributed by atoms with Gasteiger partial charge in [-0.3, -0.25) is 9.78 Å². The molecule has 4 rings (SSSR count). The van der Waals surface area contributed by atoms with Gasteiger partial charge in [-0.25, -0.2) is 0 Å². The number of oxime groups is 1. The highest BCUT2D eigenvalue weighted by atomic mass is 32.2. The van der Waals surface area contributed by atoms with Crippen molar-refractivity contribution in [1.82, 2.24) is 9.88 Å². The van der Waals surface area contributed by atoms with Crippen LogP contribution in [0.2, 0.25) is 0 Å². The van der Waals surface area contributed by atoms with Crippen LogP contribution >= 0.6 is 23.1 Å². The number of nitrogens with zero attached hydrogens (tertiary/aromatic N) is 3. The first kappa shape index (κ1) is 25.5. The monoisotopic (exact) mass is 513 g/mol. The lowest BCUT2D eigenvalue weighted by atomic mass is 9.81. The van der Waals surface area contributed by atoms with Gasteiger partial charge in [0.05, 0.1) is 35.6 Å². The Balaban J connectivity index is 1.41. The fraction of sp³-hybridized carbons (Fsp3) is 0.423. The van der Waals surface area contributed by atoms with Crippen LogP contribution in [-0.4, -0.2) is 66.4 Å². The second-order valence-corrected chi connectivity index (χ2v) is 10.9. The third-order valence-electron chi connectivity index (χ3n) is 6.62. The van der Waals surface area contributed by atoms with Crippen LogP contribution < -0.4 is 4.74 Å². The zero-order chi connectivity index (χ0) is 24.6. The van der Waals surface area contributed by atoms with Gasteiger partial charge in [0.25, 0.3) is 0 Å². The van der Waals surface area contributed by atoms with Gasteiger partial charge in [0.1, 0.15) is 5.75 Å². The Kier molecular flexibility index (Phi) is 9.01. The molecule has 0 bridgehead atoms. The number of rotatable bonds is 10. The van der Waals surface area contributed by atoms with Gasteiger partial charge in [-0.15, -0.1) is 23.1 Å². The quantitative estimate of drug-likeness (QED) is 0.132. The van der Waals surface area contributed by atoms with E-state index in [0.29, 0.717) is 18.7 Å². The highest BCUT2D eigenvalue weighted by Gasteiger charge is 2.35. The first-order valence-corrected chi connectivity index (χ1v) is 13.6. The first-order valence-electron chi connectivity index (χ1n) is 11.7. The second-order valence-electron chi connectivity index (χ2n) is 8.59. The highest BCUT2D eigenvalue weighted by molar-refractivity contribution is 8.01. The molecule has 0 spiro atoms. The zero-order valence-electron chi connectivity index (χ0n) is 20.1. The predicted octanol–water partition coefficient (Wildman–Crippen LogP) is 5.17. The second kappa shape index (κ2) is 12.4. The molecule has 1 aliphatic heterocycles. The smallest absolute Gasteiger partial charge is 0.310 e. The summed E-state index contributed by atoms with van der Waals surface area (Å²) in [7, 11) is 3.08. The number of ether oxygens (including phenoxy) is 2. The summed E-state index contributed by atoms with van der Waals surface area (Å²) in [6.45, 7) is 2.59. The molecule has 3 heterocycles. The molecule has 9 heteroatoms. The molecule has 35 heavy (non-hydrogen) atoms. The van der Waals surface area contributed by atoms with Crippen molar-refractivity contribution in [2.75, 3.05) is 39.6 Å². The lowest BCUT2D eigenvalue weighted by Crippen LogP contribution is -2.45. The lowest BCUT2D eigenvalue weighted by Gasteiger charge is -2.37. The molecule has 1 aliphatic rings. The Morgan fingerprint density at radius 3 is 2.94 bits per heavy atom. The number of hydrogen-bond acceptors (Lipinski definition) is 9. The van der Waals surface area contributed by atoms with Gasteiger partial charge < -0.3 is 19.6 Å². The fourth-order valence-electron chi connectivity index (χ4n) is 4.72. The van der Waals surface area contributed by atoms with E-state index in [1.165, 1.54) is 11.3 Å². The van der Waals surface area contributed by atoms with Crippen molar-refractivity contribution in [1.29, 1.82) is 0 Å². The summed E-state index contributed by atoms with van der Waals surface area (Å²) in [4.78, 5) is 19.4. The average molecular weight is 514 g/mol. The largest absolute Gasteiger partial charge is 0.497 e. The van der Waals surface area contributed by atoms with Gasteiger partial charge in [0.2, 0.25) is 0 Å². The minimum absolute atomic E-state index is 0.160. The Morgan fingerprint density at radius 2 is 2.20 bits per heavy atom. The number of likely N-dealkylation sites (tertiary alicyclic amines) is 1. The number of pyridine rings is 1. The molecule has 0 unspecified atom stereocenters. The van der Waals surface area contributed by atoms with E-state index >= 15 is 0 Å². The standard InChI is InChI=1S/C26H31N3O4S2/c1-32-19-6-8-23-21(16-19)20(9-11-27-23)24(28-31)7-5-18-10-12-29(17-22(18)26(30)33-2)13-15-35-25-4-3-14-34-25/h3-4,6,8-9,11,14,16,18,22,31H,5,7,10,12-13,15,17H2,1-2H3/b28-24-/t18-,22+/m1/s1. The Bertz CT molecular complexity index is 1150. The van der Waals surface area contributed by atoms with Gasteiger partial charge in [-0.05, 0) is 67.4 Å². The van der Waals surface area contributed by atoms with Gasteiger partial charge in [0, 0.05) is 36.0 Å². The van der Waals surface area contributed by atoms with E-state index < -0.39 is 0 Å².